The first-order valence-corrected chi connectivity index (χ1v) is 8.14. The highest BCUT2D eigenvalue weighted by atomic mass is 31.2. The fourth-order valence-corrected chi connectivity index (χ4v) is 4.91. The minimum atomic E-state index is -2.82. The smallest absolute Gasteiger partial charge is 0.171 e. The molecule has 0 aliphatic rings. The molecule has 0 saturated heterocycles. The van der Waals surface area contributed by atoms with Crippen LogP contribution in [0.15, 0.2) is 85.2 Å². The Bertz CT molecular complexity index is 623. The fourth-order valence-electron chi connectivity index (χ4n) is 2.28. The van der Waals surface area contributed by atoms with Gasteiger partial charge >= 0.3 is 0 Å². The van der Waals surface area contributed by atoms with Gasteiger partial charge in [0.2, 0.25) is 0 Å². The van der Waals surface area contributed by atoms with Crippen LogP contribution in [0.3, 0.4) is 0 Å². The first-order valence-electron chi connectivity index (χ1n) is 6.44. The molecule has 2 nitrogen and oxygen atoms in total. The van der Waals surface area contributed by atoms with E-state index in [4.69, 9.17) is 0 Å². The number of rotatable bonds is 3. The zero-order chi connectivity index (χ0) is 13.8. The summed E-state index contributed by atoms with van der Waals surface area (Å²) < 4.78 is 13.8. The Morgan fingerprint density at radius 3 is 1.45 bits per heavy atom. The second-order valence-corrected chi connectivity index (χ2v) is 7.25. The molecule has 3 aromatic rings. The van der Waals surface area contributed by atoms with Gasteiger partial charge in [0, 0.05) is 28.3 Å². The average molecular weight is 279 g/mol. The van der Waals surface area contributed by atoms with E-state index < -0.39 is 7.14 Å². The third-order valence-corrected chi connectivity index (χ3v) is 6.34. The summed E-state index contributed by atoms with van der Waals surface area (Å²) in [6.45, 7) is 0. The van der Waals surface area contributed by atoms with E-state index in [2.05, 4.69) is 4.98 Å². The molecule has 1 heterocycles. The van der Waals surface area contributed by atoms with E-state index in [0.717, 1.165) is 15.9 Å². The van der Waals surface area contributed by atoms with E-state index in [1.54, 1.807) is 12.4 Å². The zero-order valence-corrected chi connectivity index (χ0v) is 11.8. The van der Waals surface area contributed by atoms with Crippen LogP contribution in [0, 0.1) is 0 Å². The first-order chi connectivity index (χ1) is 9.82. The molecule has 0 saturated carbocycles. The Labute approximate surface area is 118 Å². The van der Waals surface area contributed by atoms with Gasteiger partial charge in [-0.3, -0.25) is 4.98 Å². The van der Waals surface area contributed by atoms with Gasteiger partial charge in [0.05, 0.1) is 0 Å². The number of aromatic nitrogens is 1. The predicted octanol–water partition coefficient (Wildman–Crippen LogP) is 2.72. The van der Waals surface area contributed by atoms with Crippen LogP contribution in [-0.4, -0.2) is 4.98 Å². The van der Waals surface area contributed by atoms with E-state index in [0.29, 0.717) is 0 Å². The normalized spacial score (nSPS) is 11.2. The largest absolute Gasteiger partial charge is 0.309 e. The van der Waals surface area contributed by atoms with Gasteiger partial charge < -0.3 is 4.57 Å². The van der Waals surface area contributed by atoms with E-state index in [1.165, 1.54) is 0 Å². The molecule has 0 aliphatic heterocycles. The van der Waals surface area contributed by atoms with Crippen LogP contribution < -0.4 is 15.9 Å². The minimum absolute atomic E-state index is 0.810. The first kappa shape index (κ1) is 12.8. The van der Waals surface area contributed by atoms with Crippen molar-refractivity contribution in [3.05, 3.63) is 85.2 Å². The summed E-state index contributed by atoms with van der Waals surface area (Å²) in [4.78, 5) is 4.03. The molecule has 0 bridgehead atoms. The van der Waals surface area contributed by atoms with Gasteiger partial charge in [0.25, 0.3) is 0 Å². The molecule has 0 unspecified atom stereocenters. The quantitative estimate of drug-likeness (QED) is 0.690. The maximum absolute atomic E-state index is 13.8. The second-order valence-electron chi connectivity index (χ2n) is 4.49. The molecule has 3 heteroatoms. The van der Waals surface area contributed by atoms with Crippen molar-refractivity contribution in [1.82, 2.24) is 4.98 Å². The summed E-state index contributed by atoms with van der Waals surface area (Å²) in [5.74, 6) is 0. The highest BCUT2D eigenvalue weighted by molar-refractivity contribution is 7.85. The lowest BCUT2D eigenvalue weighted by Crippen LogP contribution is -2.24. The van der Waals surface area contributed by atoms with Gasteiger partial charge in [-0.15, -0.1) is 0 Å². The molecular formula is C17H14NOP. The van der Waals surface area contributed by atoms with Crippen molar-refractivity contribution in [3.63, 3.8) is 0 Å². The van der Waals surface area contributed by atoms with Crippen molar-refractivity contribution in [2.45, 2.75) is 0 Å². The van der Waals surface area contributed by atoms with Crippen molar-refractivity contribution in [3.8, 4) is 0 Å². The molecule has 0 amide bonds. The Kier molecular flexibility index (Phi) is 3.49. The number of nitrogens with zero attached hydrogens (tertiary/aromatic N) is 1. The summed E-state index contributed by atoms with van der Waals surface area (Å²) in [6, 6.07) is 22.9. The molecule has 1 aromatic heterocycles. The number of benzene rings is 2. The topological polar surface area (TPSA) is 30.0 Å². The predicted molar refractivity (Wildman–Crippen MR) is 83.6 cm³/mol. The van der Waals surface area contributed by atoms with Crippen LogP contribution in [0.2, 0.25) is 0 Å². The lowest BCUT2D eigenvalue weighted by Gasteiger charge is -2.19. The standard InChI is InChI=1S/C17H14NOP/c19-20(15-7-3-1-4-8-15,16-9-5-2-6-10-16)17-11-13-18-14-12-17/h1-14H. The van der Waals surface area contributed by atoms with Crippen LogP contribution in [0.1, 0.15) is 0 Å². The minimum Gasteiger partial charge on any atom is -0.309 e. The van der Waals surface area contributed by atoms with E-state index >= 15 is 0 Å². The van der Waals surface area contributed by atoms with Crippen molar-refractivity contribution in [1.29, 1.82) is 0 Å². The third kappa shape index (κ3) is 2.19. The van der Waals surface area contributed by atoms with Gasteiger partial charge in [-0.05, 0) is 12.1 Å². The maximum Gasteiger partial charge on any atom is 0.171 e. The second kappa shape index (κ2) is 5.44. The number of pyridine rings is 1. The van der Waals surface area contributed by atoms with Gasteiger partial charge in [0.15, 0.2) is 7.14 Å². The molecule has 0 radical (unpaired) electrons. The maximum atomic E-state index is 13.8. The van der Waals surface area contributed by atoms with E-state index in [9.17, 15) is 4.57 Å². The molecule has 3 rings (SSSR count). The van der Waals surface area contributed by atoms with Crippen molar-refractivity contribution in [2.24, 2.45) is 0 Å². The molecule has 98 valence electrons. The molecule has 20 heavy (non-hydrogen) atoms. The van der Waals surface area contributed by atoms with Crippen molar-refractivity contribution in [2.75, 3.05) is 0 Å². The third-order valence-electron chi connectivity index (χ3n) is 3.27. The number of hydrogen-bond donors (Lipinski definition) is 0. The summed E-state index contributed by atoms with van der Waals surface area (Å²) in [6.07, 6.45) is 3.38. The Morgan fingerprint density at radius 1 is 0.600 bits per heavy atom. The molecule has 0 spiro atoms. The SMILES string of the molecule is O=P(c1ccccc1)(c1ccccc1)c1ccncc1. The molecule has 0 fully saturated rings. The number of hydrogen-bond acceptors (Lipinski definition) is 2. The van der Waals surface area contributed by atoms with Gasteiger partial charge in [-0.25, -0.2) is 0 Å². The van der Waals surface area contributed by atoms with Crippen LogP contribution in [0.4, 0.5) is 0 Å². The molecule has 0 N–H and O–H groups in total. The fraction of sp³-hybridized carbons (Fsp3) is 0. The summed E-state index contributed by atoms with van der Waals surface area (Å²) in [7, 11) is -2.82. The Balaban J connectivity index is 2.27. The van der Waals surface area contributed by atoms with E-state index in [-0.39, 0.29) is 0 Å². The molecular weight excluding hydrogens is 265 g/mol. The van der Waals surface area contributed by atoms with Gasteiger partial charge in [-0.1, -0.05) is 60.7 Å². The highest BCUT2D eigenvalue weighted by Gasteiger charge is 2.29. The van der Waals surface area contributed by atoms with Crippen LogP contribution in [0.5, 0.6) is 0 Å². The van der Waals surface area contributed by atoms with Gasteiger partial charge in [-0.2, -0.15) is 0 Å². The summed E-state index contributed by atoms with van der Waals surface area (Å²) >= 11 is 0. The lowest BCUT2D eigenvalue weighted by atomic mass is 10.4. The van der Waals surface area contributed by atoms with Crippen molar-refractivity contribution < 1.29 is 4.57 Å². The average Bonchev–Trinajstić information content (AvgIpc) is 2.56. The Morgan fingerprint density at radius 2 is 1.00 bits per heavy atom. The molecule has 0 aliphatic carbocycles. The lowest BCUT2D eigenvalue weighted by molar-refractivity contribution is 0.592. The zero-order valence-electron chi connectivity index (χ0n) is 10.9. The monoisotopic (exact) mass is 279 g/mol. The van der Waals surface area contributed by atoms with Crippen LogP contribution >= 0.6 is 7.14 Å². The summed E-state index contributed by atoms with van der Waals surface area (Å²) in [5, 5.41) is 2.50. The van der Waals surface area contributed by atoms with Crippen LogP contribution in [-0.2, 0) is 4.57 Å². The van der Waals surface area contributed by atoms with Crippen LogP contribution in [0.25, 0.3) is 0 Å². The molecule has 2 aromatic carbocycles. The van der Waals surface area contributed by atoms with Gasteiger partial charge in [0.1, 0.15) is 0 Å². The molecule has 0 atom stereocenters. The summed E-state index contributed by atoms with van der Waals surface area (Å²) in [5.41, 5.74) is 0. The highest BCUT2D eigenvalue weighted by Crippen LogP contribution is 2.41. The van der Waals surface area contributed by atoms with E-state index in [1.807, 2.05) is 72.8 Å². The Hall–Kier alpha value is -2.18. The van der Waals surface area contributed by atoms with Crippen molar-refractivity contribution >= 4 is 23.1 Å².